The van der Waals surface area contributed by atoms with Crippen molar-refractivity contribution in [2.45, 2.75) is 69.7 Å². The second kappa shape index (κ2) is 10.2. The van der Waals surface area contributed by atoms with Gasteiger partial charge < -0.3 is 4.90 Å². The molecule has 0 N–H and O–H groups in total. The third-order valence-electron chi connectivity index (χ3n) is 6.67. The Morgan fingerprint density at radius 1 is 1.12 bits per heavy atom. The van der Waals surface area contributed by atoms with E-state index in [1.807, 2.05) is 19.1 Å². The fourth-order valence-electron chi connectivity index (χ4n) is 4.57. The molecule has 3 rings (SSSR count). The normalized spacial score (nSPS) is 22.3. The van der Waals surface area contributed by atoms with E-state index in [1.54, 1.807) is 17.0 Å². The van der Waals surface area contributed by atoms with Crippen LogP contribution in [0.4, 0.5) is 0 Å². The largest absolute Gasteiger partial charge is 0.338 e. The van der Waals surface area contributed by atoms with Gasteiger partial charge in [0.15, 0.2) is 9.84 Å². The molecule has 32 heavy (non-hydrogen) atoms. The molecule has 0 bridgehead atoms. The number of carbonyl (C=O) groups excluding carboxylic acids is 1. The summed E-state index contributed by atoms with van der Waals surface area (Å²) in [6.07, 6.45) is 3.18. The van der Waals surface area contributed by atoms with Crippen molar-refractivity contribution >= 4 is 25.8 Å². The maximum absolute atomic E-state index is 13.3. The standard InChI is InChI=1S/C23H36N2O5S2/c1-4-5-13-25(21-12-16-31(27,28)17-21)23(26)20-10-14-24(15-11-20)32(29,30)22-8-6-19(7-9-22)18(2)3/h6-9,18,20-21H,4-5,10-17H2,1-3H3/t21-/m0/s1. The predicted molar refractivity (Wildman–Crippen MR) is 126 cm³/mol. The van der Waals surface area contributed by atoms with Crippen molar-refractivity contribution in [3.05, 3.63) is 29.8 Å². The molecule has 180 valence electrons. The highest BCUT2D eigenvalue weighted by molar-refractivity contribution is 7.91. The molecule has 0 spiro atoms. The van der Waals surface area contributed by atoms with Crippen LogP contribution in [0.25, 0.3) is 0 Å². The van der Waals surface area contributed by atoms with E-state index in [2.05, 4.69) is 13.8 Å². The summed E-state index contributed by atoms with van der Waals surface area (Å²) in [5.74, 6) is 0.241. The van der Waals surface area contributed by atoms with E-state index in [4.69, 9.17) is 0 Å². The topological polar surface area (TPSA) is 91.8 Å². The number of carbonyl (C=O) groups is 1. The average molecular weight is 485 g/mol. The van der Waals surface area contributed by atoms with E-state index in [1.165, 1.54) is 4.31 Å². The predicted octanol–water partition coefficient (Wildman–Crippen LogP) is 3.03. The number of hydrogen-bond donors (Lipinski definition) is 0. The first-order valence-corrected chi connectivity index (χ1v) is 14.9. The van der Waals surface area contributed by atoms with E-state index in [-0.39, 0.29) is 34.3 Å². The molecule has 2 aliphatic heterocycles. The molecule has 7 nitrogen and oxygen atoms in total. The highest BCUT2D eigenvalue weighted by atomic mass is 32.2. The number of benzene rings is 1. The Morgan fingerprint density at radius 3 is 2.25 bits per heavy atom. The molecule has 2 saturated heterocycles. The first-order valence-electron chi connectivity index (χ1n) is 11.7. The molecule has 1 aromatic rings. The molecule has 9 heteroatoms. The van der Waals surface area contributed by atoms with Gasteiger partial charge in [-0.2, -0.15) is 4.31 Å². The minimum atomic E-state index is -3.59. The minimum Gasteiger partial charge on any atom is -0.338 e. The number of amides is 1. The number of nitrogens with zero attached hydrogens (tertiary/aromatic N) is 2. The van der Waals surface area contributed by atoms with Crippen molar-refractivity contribution in [1.29, 1.82) is 0 Å². The van der Waals surface area contributed by atoms with Gasteiger partial charge >= 0.3 is 0 Å². The first kappa shape index (κ1) is 25.2. The van der Waals surface area contributed by atoms with Crippen LogP contribution in [-0.2, 0) is 24.7 Å². The van der Waals surface area contributed by atoms with Crippen LogP contribution in [0.2, 0.25) is 0 Å². The molecule has 1 aromatic carbocycles. The van der Waals surface area contributed by atoms with Crippen LogP contribution in [0.3, 0.4) is 0 Å². The Hall–Kier alpha value is -1.45. The van der Waals surface area contributed by atoms with Gasteiger partial charge in [0.05, 0.1) is 16.4 Å². The molecule has 2 fully saturated rings. The van der Waals surface area contributed by atoms with Gasteiger partial charge in [-0.15, -0.1) is 0 Å². The summed E-state index contributed by atoms with van der Waals surface area (Å²) in [6.45, 7) is 7.35. The van der Waals surface area contributed by atoms with Gasteiger partial charge in [0.1, 0.15) is 0 Å². The molecule has 2 heterocycles. The Bertz CT molecular complexity index is 995. The Labute approximate surface area is 193 Å². The maximum Gasteiger partial charge on any atom is 0.243 e. The van der Waals surface area contributed by atoms with Crippen LogP contribution < -0.4 is 0 Å². The number of unbranched alkanes of at least 4 members (excludes halogenated alkanes) is 1. The lowest BCUT2D eigenvalue weighted by Crippen LogP contribution is -2.48. The lowest BCUT2D eigenvalue weighted by molar-refractivity contribution is -0.138. The highest BCUT2D eigenvalue weighted by Gasteiger charge is 2.39. The Morgan fingerprint density at radius 2 is 1.75 bits per heavy atom. The van der Waals surface area contributed by atoms with Crippen molar-refractivity contribution < 1.29 is 21.6 Å². The third-order valence-corrected chi connectivity index (χ3v) is 10.3. The zero-order chi connectivity index (χ0) is 23.5. The van der Waals surface area contributed by atoms with E-state index in [0.717, 1.165) is 18.4 Å². The second-order valence-corrected chi connectivity index (χ2v) is 13.5. The molecule has 0 unspecified atom stereocenters. The zero-order valence-corrected chi connectivity index (χ0v) is 21.0. The van der Waals surface area contributed by atoms with Gasteiger partial charge in [0.25, 0.3) is 0 Å². The summed E-state index contributed by atoms with van der Waals surface area (Å²) < 4.78 is 51.5. The first-order chi connectivity index (χ1) is 15.0. The number of rotatable bonds is 8. The highest BCUT2D eigenvalue weighted by Crippen LogP contribution is 2.28. The summed E-state index contributed by atoms with van der Waals surface area (Å²) >= 11 is 0. The Kier molecular flexibility index (Phi) is 8.04. The fraction of sp³-hybridized carbons (Fsp3) is 0.696. The summed E-state index contributed by atoms with van der Waals surface area (Å²) in [7, 11) is -6.67. The second-order valence-electron chi connectivity index (χ2n) is 9.34. The molecule has 1 amide bonds. The van der Waals surface area contributed by atoms with E-state index >= 15 is 0 Å². The van der Waals surface area contributed by atoms with Crippen molar-refractivity contribution in [3.8, 4) is 0 Å². The van der Waals surface area contributed by atoms with Gasteiger partial charge in [-0.3, -0.25) is 4.79 Å². The SMILES string of the molecule is CCCCN(C(=O)C1CCN(S(=O)(=O)c2ccc(C(C)C)cc2)CC1)[C@H]1CCS(=O)(=O)C1. The smallest absolute Gasteiger partial charge is 0.243 e. The third kappa shape index (κ3) is 5.72. The van der Waals surface area contributed by atoms with E-state index < -0.39 is 19.9 Å². The van der Waals surface area contributed by atoms with Gasteiger partial charge in [-0.05, 0) is 49.3 Å². The zero-order valence-electron chi connectivity index (χ0n) is 19.4. The van der Waals surface area contributed by atoms with Gasteiger partial charge in [0.2, 0.25) is 15.9 Å². The Balaban J connectivity index is 1.65. The van der Waals surface area contributed by atoms with Crippen molar-refractivity contribution in [1.82, 2.24) is 9.21 Å². The monoisotopic (exact) mass is 484 g/mol. The van der Waals surface area contributed by atoms with Crippen LogP contribution in [0.5, 0.6) is 0 Å². The summed E-state index contributed by atoms with van der Waals surface area (Å²) in [6, 6.07) is 6.79. The van der Waals surface area contributed by atoms with Gasteiger partial charge in [0, 0.05) is 31.6 Å². The number of sulfonamides is 1. The van der Waals surface area contributed by atoms with Crippen LogP contribution in [0.15, 0.2) is 29.2 Å². The number of sulfone groups is 1. The minimum absolute atomic E-state index is 0.0149. The van der Waals surface area contributed by atoms with Crippen molar-refractivity contribution in [2.75, 3.05) is 31.1 Å². The summed E-state index contributed by atoms with van der Waals surface area (Å²) in [4.78, 5) is 15.3. The number of piperidine rings is 1. The summed E-state index contributed by atoms with van der Waals surface area (Å²) in [5, 5.41) is 0. The summed E-state index contributed by atoms with van der Waals surface area (Å²) in [5.41, 5.74) is 1.09. The molecule has 2 aliphatic rings. The van der Waals surface area contributed by atoms with Gasteiger partial charge in [-0.1, -0.05) is 39.3 Å². The molecular weight excluding hydrogens is 448 g/mol. The van der Waals surface area contributed by atoms with E-state index in [9.17, 15) is 21.6 Å². The lowest BCUT2D eigenvalue weighted by atomic mass is 9.95. The van der Waals surface area contributed by atoms with Crippen LogP contribution in [0.1, 0.15) is 64.4 Å². The molecule has 0 radical (unpaired) electrons. The maximum atomic E-state index is 13.3. The number of hydrogen-bond acceptors (Lipinski definition) is 5. The molecule has 1 atom stereocenters. The molecule has 0 saturated carbocycles. The average Bonchev–Trinajstić information content (AvgIpc) is 3.13. The van der Waals surface area contributed by atoms with Crippen molar-refractivity contribution in [2.24, 2.45) is 5.92 Å². The van der Waals surface area contributed by atoms with Crippen LogP contribution in [0, 0.1) is 5.92 Å². The quantitative estimate of drug-likeness (QED) is 0.566. The van der Waals surface area contributed by atoms with Crippen LogP contribution >= 0.6 is 0 Å². The molecular formula is C23H36N2O5S2. The van der Waals surface area contributed by atoms with Crippen LogP contribution in [-0.4, -0.2) is 69.1 Å². The molecule has 0 aromatic heterocycles. The fourth-order valence-corrected chi connectivity index (χ4v) is 7.77. The lowest BCUT2D eigenvalue weighted by Gasteiger charge is -2.36. The molecule has 0 aliphatic carbocycles. The van der Waals surface area contributed by atoms with Crippen molar-refractivity contribution in [3.63, 3.8) is 0 Å². The van der Waals surface area contributed by atoms with E-state index in [0.29, 0.717) is 44.8 Å². The van der Waals surface area contributed by atoms with Gasteiger partial charge in [-0.25, -0.2) is 16.8 Å².